The van der Waals surface area contributed by atoms with Crippen molar-refractivity contribution in [3.63, 3.8) is 0 Å². The molecule has 6 nitrogen and oxygen atoms in total. The second-order valence-electron chi connectivity index (χ2n) is 4.60. The number of hydrogen-bond donors (Lipinski definition) is 2. The molecule has 0 aliphatic carbocycles. The summed E-state index contributed by atoms with van der Waals surface area (Å²) >= 11 is 0. The molecule has 1 fully saturated rings. The van der Waals surface area contributed by atoms with E-state index in [0.29, 0.717) is 5.69 Å². The molecule has 2 rings (SSSR count). The molecule has 2 N–H and O–H groups in total. The molecule has 0 saturated carbocycles. The van der Waals surface area contributed by atoms with Gasteiger partial charge in [-0.05, 0) is 24.3 Å². The summed E-state index contributed by atoms with van der Waals surface area (Å²) in [4.78, 5) is 24.4. The van der Waals surface area contributed by atoms with Gasteiger partial charge in [-0.15, -0.1) is 0 Å². The number of benzene rings is 1. The van der Waals surface area contributed by atoms with Crippen molar-refractivity contribution < 1.29 is 23.8 Å². The van der Waals surface area contributed by atoms with Crippen LogP contribution >= 0.6 is 0 Å². The summed E-state index contributed by atoms with van der Waals surface area (Å²) in [6.07, 6.45) is 0. The number of aliphatic carboxylic acids is 1. The Bertz CT molecular complexity index is 506. The molecule has 7 heteroatoms. The average Bonchev–Trinajstić information content (AvgIpc) is 2.90. The van der Waals surface area contributed by atoms with E-state index in [1.54, 1.807) is 0 Å². The number of nitrogens with zero attached hydrogens (tertiary/aromatic N) is 1. The SMILES string of the molecule is CN(C(=O)Nc1ccc(F)cc1)C1COCC1C(=O)O. The van der Waals surface area contributed by atoms with Crippen LogP contribution in [0.15, 0.2) is 24.3 Å². The molecular weight excluding hydrogens is 267 g/mol. The number of nitrogens with one attached hydrogen (secondary N) is 1. The number of likely N-dealkylation sites (N-methyl/N-ethyl adjacent to an activating group) is 1. The molecule has 1 aromatic carbocycles. The van der Waals surface area contributed by atoms with Crippen LogP contribution in [0, 0.1) is 11.7 Å². The maximum atomic E-state index is 12.8. The summed E-state index contributed by atoms with van der Waals surface area (Å²) in [5.74, 6) is -2.13. The Balaban J connectivity index is 2.01. The highest BCUT2D eigenvalue weighted by molar-refractivity contribution is 5.89. The van der Waals surface area contributed by atoms with Crippen molar-refractivity contribution in [2.45, 2.75) is 6.04 Å². The molecule has 2 amide bonds. The van der Waals surface area contributed by atoms with Crippen molar-refractivity contribution in [1.29, 1.82) is 0 Å². The molecule has 2 unspecified atom stereocenters. The van der Waals surface area contributed by atoms with E-state index in [2.05, 4.69) is 5.32 Å². The number of carbonyl (C=O) groups is 2. The lowest BCUT2D eigenvalue weighted by Crippen LogP contribution is -2.45. The van der Waals surface area contributed by atoms with E-state index in [1.165, 1.54) is 36.2 Å². The summed E-state index contributed by atoms with van der Waals surface area (Å²) in [6, 6.07) is 4.34. The highest BCUT2D eigenvalue weighted by Crippen LogP contribution is 2.20. The summed E-state index contributed by atoms with van der Waals surface area (Å²) < 4.78 is 17.9. The van der Waals surface area contributed by atoms with Gasteiger partial charge in [-0.25, -0.2) is 9.18 Å². The van der Waals surface area contributed by atoms with Crippen molar-refractivity contribution in [3.05, 3.63) is 30.1 Å². The lowest BCUT2D eigenvalue weighted by atomic mass is 10.0. The van der Waals surface area contributed by atoms with Crippen LogP contribution in [0.2, 0.25) is 0 Å². The lowest BCUT2D eigenvalue weighted by Gasteiger charge is -2.26. The average molecular weight is 282 g/mol. The Morgan fingerprint density at radius 2 is 2.00 bits per heavy atom. The largest absolute Gasteiger partial charge is 0.481 e. The smallest absolute Gasteiger partial charge is 0.321 e. The quantitative estimate of drug-likeness (QED) is 0.878. The predicted octanol–water partition coefficient (Wildman–Crippen LogP) is 1.39. The molecule has 1 aromatic rings. The third kappa shape index (κ3) is 3.05. The summed E-state index contributed by atoms with van der Waals surface area (Å²) in [7, 11) is 1.51. The van der Waals surface area contributed by atoms with E-state index in [-0.39, 0.29) is 13.2 Å². The fraction of sp³-hybridized carbons (Fsp3) is 0.385. The van der Waals surface area contributed by atoms with Gasteiger partial charge in [-0.2, -0.15) is 0 Å². The molecule has 0 spiro atoms. The van der Waals surface area contributed by atoms with E-state index in [1.807, 2.05) is 0 Å². The Kier molecular flexibility index (Phi) is 4.19. The Labute approximate surface area is 115 Å². The Hall–Kier alpha value is -2.15. The van der Waals surface area contributed by atoms with Gasteiger partial charge in [0.15, 0.2) is 0 Å². The number of anilines is 1. The van der Waals surface area contributed by atoms with Crippen LogP contribution in [0.1, 0.15) is 0 Å². The fourth-order valence-corrected chi connectivity index (χ4v) is 2.06. The molecule has 0 aromatic heterocycles. The number of rotatable bonds is 3. The van der Waals surface area contributed by atoms with Gasteiger partial charge in [0.05, 0.1) is 19.3 Å². The number of hydrogen-bond acceptors (Lipinski definition) is 3. The van der Waals surface area contributed by atoms with E-state index in [0.717, 1.165) is 0 Å². The minimum Gasteiger partial charge on any atom is -0.481 e. The summed E-state index contributed by atoms with van der Waals surface area (Å²) in [5, 5.41) is 11.6. The number of amides is 2. The van der Waals surface area contributed by atoms with Crippen LogP contribution in [0.4, 0.5) is 14.9 Å². The van der Waals surface area contributed by atoms with Gasteiger partial charge < -0.3 is 20.1 Å². The zero-order valence-electron chi connectivity index (χ0n) is 10.9. The Morgan fingerprint density at radius 1 is 1.35 bits per heavy atom. The minimum atomic E-state index is -0.992. The van der Waals surface area contributed by atoms with Crippen molar-refractivity contribution in [2.75, 3.05) is 25.6 Å². The normalized spacial score (nSPS) is 21.5. The number of halogens is 1. The van der Waals surface area contributed by atoms with E-state index < -0.39 is 29.8 Å². The van der Waals surface area contributed by atoms with Crippen LogP contribution in [0.3, 0.4) is 0 Å². The highest BCUT2D eigenvalue weighted by atomic mass is 19.1. The van der Waals surface area contributed by atoms with Gasteiger partial charge in [-0.3, -0.25) is 4.79 Å². The highest BCUT2D eigenvalue weighted by Gasteiger charge is 2.38. The summed E-state index contributed by atoms with van der Waals surface area (Å²) in [6.45, 7) is 0.276. The molecule has 20 heavy (non-hydrogen) atoms. The maximum Gasteiger partial charge on any atom is 0.321 e. The maximum absolute atomic E-state index is 12.8. The number of carboxylic acids is 1. The molecule has 1 aliphatic rings. The van der Waals surface area contributed by atoms with E-state index in [9.17, 15) is 14.0 Å². The van der Waals surface area contributed by atoms with Gasteiger partial charge in [0.2, 0.25) is 0 Å². The van der Waals surface area contributed by atoms with Crippen molar-refractivity contribution in [3.8, 4) is 0 Å². The number of carbonyl (C=O) groups excluding carboxylic acids is 1. The van der Waals surface area contributed by atoms with E-state index in [4.69, 9.17) is 9.84 Å². The second-order valence-corrected chi connectivity index (χ2v) is 4.60. The molecule has 1 saturated heterocycles. The molecule has 108 valence electrons. The fourth-order valence-electron chi connectivity index (χ4n) is 2.06. The van der Waals surface area contributed by atoms with E-state index >= 15 is 0 Å². The van der Waals surface area contributed by atoms with Gasteiger partial charge in [0.25, 0.3) is 0 Å². The predicted molar refractivity (Wildman–Crippen MR) is 68.9 cm³/mol. The van der Waals surface area contributed by atoms with Crippen molar-refractivity contribution >= 4 is 17.7 Å². The van der Waals surface area contributed by atoms with Crippen LogP contribution in [-0.4, -0.2) is 48.3 Å². The second kappa shape index (κ2) is 5.87. The molecule has 1 heterocycles. The van der Waals surface area contributed by atoms with Gasteiger partial charge >= 0.3 is 12.0 Å². The van der Waals surface area contributed by atoms with Crippen molar-refractivity contribution in [2.24, 2.45) is 5.92 Å². The first kappa shape index (κ1) is 14.3. The first-order valence-corrected chi connectivity index (χ1v) is 6.09. The lowest BCUT2D eigenvalue weighted by molar-refractivity contribution is -0.142. The number of ether oxygens (including phenoxy) is 1. The molecule has 1 aliphatic heterocycles. The topological polar surface area (TPSA) is 78.9 Å². The van der Waals surface area contributed by atoms with Crippen LogP contribution in [-0.2, 0) is 9.53 Å². The van der Waals surface area contributed by atoms with Crippen LogP contribution in [0.25, 0.3) is 0 Å². The van der Waals surface area contributed by atoms with Gasteiger partial charge in [0.1, 0.15) is 11.7 Å². The first-order valence-electron chi connectivity index (χ1n) is 6.09. The first-order chi connectivity index (χ1) is 9.49. The standard InChI is InChI=1S/C13H15FN2O4/c1-16(11-7-20-6-10(11)12(17)18)13(19)15-9-4-2-8(14)3-5-9/h2-5,10-11H,6-7H2,1H3,(H,15,19)(H,17,18). The number of carboxylic acid groups (broad SMARTS) is 1. The van der Waals surface area contributed by atoms with Crippen molar-refractivity contribution in [1.82, 2.24) is 4.90 Å². The van der Waals surface area contributed by atoms with Gasteiger partial charge in [0, 0.05) is 12.7 Å². The zero-order valence-corrected chi connectivity index (χ0v) is 10.9. The molecule has 0 bridgehead atoms. The molecule has 0 radical (unpaired) electrons. The monoisotopic (exact) mass is 282 g/mol. The number of urea groups is 1. The van der Waals surface area contributed by atoms with Crippen LogP contribution in [0.5, 0.6) is 0 Å². The zero-order chi connectivity index (χ0) is 14.7. The molecule has 2 atom stereocenters. The molecular formula is C13H15FN2O4. The van der Waals surface area contributed by atoms with Crippen LogP contribution < -0.4 is 5.32 Å². The third-order valence-electron chi connectivity index (χ3n) is 3.28. The Morgan fingerprint density at radius 3 is 2.60 bits per heavy atom. The summed E-state index contributed by atoms with van der Waals surface area (Å²) in [5.41, 5.74) is 0.439. The third-order valence-corrected chi connectivity index (χ3v) is 3.28. The van der Waals surface area contributed by atoms with Gasteiger partial charge in [-0.1, -0.05) is 0 Å². The minimum absolute atomic E-state index is 0.0914.